The second-order valence-corrected chi connectivity index (χ2v) is 11.9. The Bertz CT molecular complexity index is 623. The molecule has 0 spiro atoms. The molecule has 0 aliphatic carbocycles. The van der Waals surface area contributed by atoms with E-state index in [2.05, 4.69) is 118 Å². The lowest BCUT2D eigenvalue weighted by atomic mass is 9.75. The van der Waals surface area contributed by atoms with E-state index in [-0.39, 0.29) is 21.7 Å². The summed E-state index contributed by atoms with van der Waals surface area (Å²) in [5, 5.41) is 0. The van der Waals surface area contributed by atoms with Crippen molar-refractivity contribution >= 4 is 0 Å². The molecular formula is C27H43N. The summed E-state index contributed by atoms with van der Waals surface area (Å²) in [6.45, 7) is 27.0. The molecule has 0 aliphatic rings. The van der Waals surface area contributed by atoms with E-state index in [4.69, 9.17) is 0 Å². The molecule has 0 radical (unpaired) electrons. The summed E-state index contributed by atoms with van der Waals surface area (Å²) in [5.74, 6) is 0. The number of pyridine rings is 1. The maximum Gasteiger partial charge on any atom is 0.0494 e. The monoisotopic (exact) mass is 381 g/mol. The maximum absolute atomic E-state index is 4.52. The lowest BCUT2D eigenvalue weighted by Gasteiger charge is -2.29. The third-order valence-corrected chi connectivity index (χ3v) is 4.87. The molecule has 0 unspecified atom stereocenters. The first-order chi connectivity index (χ1) is 12.5. The first-order valence-electron chi connectivity index (χ1n) is 10.5. The molecule has 28 heavy (non-hydrogen) atoms. The van der Waals surface area contributed by atoms with Crippen LogP contribution in [0.25, 0.3) is 0 Å². The van der Waals surface area contributed by atoms with Crippen LogP contribution in [0, 0.1) is 0 Å². The van der Waals surface area contributed by atoms with Gasteiger partial charge in [-0.2, -0.15) is 0 Å². The zero-order valence-corrected chi connectivity index (χ0v) is 20.5. The van der Waals surface area contributed by atoms with Crippen molar-refractivity contribution in [2.45, 2.75) is 105 Å². The molecule has 0 amide bonds. The molecule has 1 heteroatoms. The normalized spacial score (nSPS) is 13.0. The summed E-state index contributed by atoms with van der Waals surface area (Å²) < 4.78 is 0. The third-order valence-electron chi connectivity index (χ3n) is 4.87. The van der Waals surface area contributed by atoms with Gasteiger partial charge in [-0.25, -0.2) is 0 Å². The molecule has 0 N–H and O–H groups in total. The minimum Gasteiger partial charge on any atom is -0.260 e. The average molecular weight is 382 g/mol. The van der Waals surface area contributed by atoms with Crippen molar-refractivity contribution in [3.63, 3.8) is 0 Å². The van der Waals surface area contributed by atoms with Gasteiger partial charge in [0.25, 0.3) is 0 Å². The van der Waals surface area contributed by atoms with Gasteiger partial charge in [-0.05, 0) is 39.0 Å². The van der Waals surface area contributed by atoms with Crippen LogP contribution in [0.3, 0.4) is 0 Å². The van der Waals surface area contributed by atoms with Gasteiger partial charge in [-0.15, -0.1) is 0 Å². The molecule has 0 aliphatic heterocycles. The number of nitrogens with zero attached hydrogens (tertiary/aromatic N) is 1. The molecule has 2 aromatic rings. The van der Waals surface area contributed by atoms with Gasteiger partial charge in [0.05, 0.1) is 0 Å². The highest BCUT2D eigenvalue weighted by Gasteiger charge is 2.26. The number of rotatable bonds is 0. The summed E-state index contributed by atoms with van der Waals surface area (Å²) >= 11 is 0. The van der Waals surface area contributed by atoms with Gasteiger partial charge in [0.15, 0.2) is 0 Å². The van der Waals surface area contributed by atoms with Crippen LogP contribution < -0.4 is 0 Å². The highest BCUT2D eigenvalue weighted by atomic mass is 14.7. The molecule has 2 rings (SSSR count). The highest BCUT2D eigenvalue weighted by molar-refractivity contribution is 5.37. The lowest BCUT2D eigenvalue weighted by Crippen LogP contribution is -2.23. The Morgan fingerprint density at radius 1 is 0.464 bits per heavy atom. The molecule has 156 valence electrons. The predicted octanol–water partition coefficient (Wildman–Crippen LogP) is 7.96. The summed E-state index contributed by atoms with van der Waals surface area (Å²) in [7, 11) is 0. The SMILES string of the molecule is CC(C)(C)c1ccccc1C(C)(C)C.CC(C)(C)c1cccnc1C(C)(C)C. The van der Waals surface area contributed by atoms with E-state index in [1.807, 2.05) is 12.3 Å². The quantitative estimate of drug-likeness (QED) is 0.451. The molecule has 1 heterocycles. The van der Waals surface area contributed by atoms with E-state index >= 15 is 0 Å². The smallest absolute Gasteiger partial charge is 0.0494 e. The number of hydrogen-bond acceptors (Lipinski definition) is 1. The number of hydrogen-bond donors (Lipinski definition) is 0. The Morgan fingerprint density at radius 3 is 1.11 bits per heavy atom. The van der Waals surface area contributed by atoms with E-state index < -0.39 is 0 Å². The van der Waals surface area contributed by atoms with E-state index in [1.165, 1.54) is 22.4 Å². The van der Waals surface area contributed by atoms with Crippen molar-refractivity contribution in [3.8, 4) is 0 Å². The van der Waals surface area contributed by atoms with Gasteiger partial charge < -0.3 is 0 Å². The Kier molecular flexibility index (Phi) is 7.32. The first-order valence-corrected chi connectivity index (χ1v) is 10.5. The van der Waals surface area contributed by atoms with E-state index in [9.17, 15) is 0 Å². The molecule has 0 saturated heterocycles. The summed E-state index contributed by atoms with van der Waals surface area (Å²) in [5.41, 5.74) is 6.29. The van der Waals surface area contributed by atoms with Crippen LogP contribution in [0.15, 0.2) is 42.6 Å². The molecule has 1 aromatic heterocycles. The zero-order chi connectivity index (χ0) is 22.0. The molecule has 1 aromatic carbocycles. The molecule has 0 bridgehead atoms. The predicted molar refractivity (Wildman–Crippen MR) is 125 cm³/mol. The Balaban J connectivity index is 0.000000280. The highest BCUT2D eigenvalue weighted by Crippen LogP contribution is 2.33. The van der Waals surface area contributed by atoms with E-state index in [1.54, 1.807) is 0 Å². The second kappa shape index (κ2) is 8.39. The Labute approximate surface area is 175 Å². The lowest BCUT2D eigenvalue weighted by molar-refractivity contribution is 0.514. The van der Waals surface area contributed by atoms with Crippen molar-refractivity contribution in [2.24, 2.45) is 0 Å². The zero-order valence-electron chi connectivity index (χ0n) is 20.5. The van der Waals surface area contributed by atoms with Crippen molar-refractivity contribution in [1.29, 1.82) is 0 Å². The fourth-order valence-electron chi connectivity index (χ4n) is 3.40. The van der Waals surface area contributed by atoms with Gasteiger partial charge >= 0.3 is 0 Å². The van der Waals surface area contributed by atoms with Crippen LogP contribution in [0.4, 0.5) is 0 Å². The van der Waals surface area contributed by atoms with Gasteiger partial charge in [0, 0.05) is 17.3 Å². The number of aromatic nitrogens is 1. The molecule has 0 atom stereocenters. The maximum atomic E-state index is 4.52. The van der Waals surface area contributed by atoms with Crippen LogP contribution >= 0.6 is 0 Å². The summed E-state index contributed by atoms with van der Waals surface area (Å²) in [6, 6.07) is 13.0. The first kappa shape index (κ1) is 24.4. The molecular weight excluding hydrogens is 338 g/mol. The Morgan fingerprint density at radius 2 is 0.821 bits per heavy atom. The van der Waals surface area contributed by atoms with Crippen molar-refractivity contribution in [3.05, 3.63) is 65.0 Å². The average Bonchev–Trinajstić information content (AvgIpc) is 2.52. The molecule has 1 nitrogen and oxygen atoms in total. The molecule has 0 saturated carbocycles. The summed E-state index contributed by atoms with van der Waals surface area (Å²) in [6.07, 6.45) is 1.88. The second-order valence-electron chi connectivity index (χ2n) is 11.9. The van der Waals surface area contributed by atoms with Crippen molar-refractivity contribution in [1.82, 2.24) is 4.98 Å². The van der Waals surface area contributed by atoms with Crippen LogP contribution in [-0.4, -0.2) is 4.98 Å². The van der Waals surface area contributed by atoms with Gasteiger partial charge in [0.1, 0.15) is 0 Å². The minimum atomic E-state index is 0.129. The standard InChI is InChI=1S/C14H22.C13H21N/c1-13(2,3)11-9-7-8-10-12(11)14(4,5)6;1-12(2,3)10-8-7-9-14-11(10)13(4,5)6/h7-10H,1-6H3;7-9H,1-6H3. The topological polar surface area (TPSA) is 12.9 Å². The number of benzene rings is 1. The van der Waals surface area contributed by atoms with Crippen LogP contribution in [0.1, 0.15) is 105 Å². The van der Waals surface area contributed by atoms with Crippen molar-refractivity contribution < 1.29 is 0 Å². The fourth-order valence-corrected chi connectivity index (χ4v) is 3.40. The van der Waals surface area contributed by atoms with E-state index in [0.717, 1.165) is 0 Å². The van der Waals surface area contributed by atoms with E-state index in [0.29, 0.717) is 0 Å². The molecule has 0 fully saturated rings. The van der Waals surface area contributed by atoms with Crippen LogP contribution in [0.5, 0.6) is 0 Å². The van der Waals surface area contributed by atoms with Gasteiger partial charge in [0.2, 0.25) is 0 Å². The van der Waals surface area contributed by atoms with Crippen LogP contribution in [0.2, 0.25) is 0 Å². The fraction of sp³-hybridized carbons (Fsp3) is 0.593. The minimum absolute atomic E-state index is 0.129. The third kappa shape index (κ3) is 6.76. The van der Waals surface area contributed by atoms with Crippen molar-refractivity contribution in [2.75, 3.05) is 0 Å². The van der Waals surface area contributed by atoms with Gasteiger partial charge in [-0.1, -0.05) is 113 Å². The Hall–Kier alpha value is -1.63. The summed E-state index contributed by atoms with van der Waals surface area (Å²) in [4.78, 5) is 4.52. The van der Waals surface area contributed by atoms with Crippen LogP contribution in [-0.2, 0) is 21.7 Å². The van der Waals surface area contributed by atoms with Gasteiger partial charge in [-0.3, -0.25) is 4.98 Å². The largest absolute Gasteiger partial charge is 0.260 e.